The number of hydrogen-bond acceptors (Lipinski definition) is 4. The molecule has 3 heterocycles. The Kier molecular flexibility index (Phi) is 6.41. The van der Waals surface area contributed by atoms with Gasteiger partial charge in [0.05, 0.1) is 0 Å². The number of hydrogen-bond donors (Lipinski definition) is 0. The van der Waals surface area contributed by atoms with E-state index in [-0.39, 0.29) is 0 Å². The summed E-state index contributed by atoms with van der Waals surface area (Å²) in [5, 5.41) is 0. The number of nitrogens with zero attached hydrogens (tertiary/aromatic N) is 3. The van der Waals surface area contributed by atoms with Crippen LogP contribution in [-0.2, 0) is 10.0 Å². The maximum absolute atomic E-state index is 13.4. The normalized spacial score (nSPS) is 23.2. The second kappa shape index (κ2) is 8.40. The molecule has 1 unspecified atom stereocenters. The molecule has 1 atom stereocenters. The average molecular weight is 442 g/mol. The van der Waals surface area contributed by atoms with Gasteiger partial charge in [0.2, 0.25) is 10.0 Å². The van der Waals surface area contributed by atoms with Crippen molar-refractivity contribution in [2.24, 2.45) is 11.8 Å². The van der Waals surface area contributed by atoms with Gasteiger partial charge < -0.3 is 4.90 Å². The van der Waals surface area contributed by atoms with E-state index in [1.807, 2.05) is 6.08 Å². The van der Waals surface area contributed by atoms with Crippen LogP contribution in [0.2, 0.25) is 0 Å². The molecule has 0 aromatic carbocycles. The Labute approximate surface area is 165 Å². The van der Waals surface area contributed by atoms with E-state index in [1.165, 1.54) is 6.42 Å². The van der Waals surface area contributed by atoms with Crippen molar-refractivity contribution in [3.63, 3.8) is 0 Å². The highest BCUT2D eigenvalue weighted by molar-refractivity contribution is 9.10. The monoisotopic (exact) mass is 441 g/mol. The first-order valence-electron chi connectivity index (χ1n) is 9.49. The van der Waals surface area contributed by atoms with Crippen molar-refractivity contribution in [3.05, 3.63) is 29.4 Å². The Morgan fingerprint density at radius 1 is 1.31 bits per heavy atom. The molecular formula is C19H28BrN3O2S. The summed E-state index contributed by atoms with van der Waals surface area (Å²) in [5.74, 6) is 1.62. The van der Waals surface area contributed by atoms with Gasteiger partial charge in [0.25, 0.3) is 0 Å². The molecule has 26 heavy (non-hydrogen) atoms. The highest BCUT2D eigenvalue weighted by Gasteiger charge is 2.33. The third kappa shape index (κ3) is 4.15. The largest absolute Gasteiger partial charge is 0.355 e. The number of allylic oxidation sites excluding steroid dienone is 1. The number of anilines is 1. The van der Waals surface area contributed by atoms with E-state index in [1.54, 1.807) is 16.6 Å². The standard InChI is InChI=1S/C19H28BrN3O2S/c1-3-15-7-10-23(11-8-15)26(24,25)18-12-17(20)13-21-19(18)22-9-5-6-16(4-2)14-22/h3,12-13,15-16H,1,4-11,14H2,2H3. The van der Waals surface area contributed by atoms with E-state index >= 15 is 0 Å². The lowest BCUT2D eigenvalue weighted by Gasteiger charge is -2.35. The molecule has 7 heteroatoms. The van der Waals surface area contributed by atoms with Gasteiger partial charge in [-0.05, 0) is 59.5 Å². The van der Waals surface area contributed by atoms with Crippen LogP contribution in [0.5, 0.6) is 0 Å². The van der Waals surface area contributed by atoms with Crippen LogP contribution in [0.25, 0.3) is 0 Å². The van der Waals surface area contributed by atoms with Crippen molar-refractivity contribution < 1.29 is 8.42 Å². The molecule has 0 aliphatic carbocycles. The fraction of sp³-hybridized carbons (Fsp3) is 0.632. The summed E-state index contributed by atoms with van der Waals surface area (Å²) in [5.41, 5.74) is 0. The maximum Gasteiger partial charge on any atom is 0.246 e. The lowest BCUT2D eigenvalue weighted by molar-refractivity contribution is 0.306. The van der Waals surface area contributed by atoms with E-state index in [0.717, 1.165) is 38.8 Å². The van der Waals surface area contributed by atoms with Crippen molar-refractivity contribution in [2.75, 3.05) is 31.1 Å². The van der Waals surface area contributed by atoms with E-state index in [9.17, 15) is 8.42 Å². The van der Waals surface area contributed by atoms with E-state index in [0.29, 0.717) is 40.1 Å². The first-order valence-corrected chi connectivity index (χ1v) is 11.7. The molecule has 0 N–H and O–H groups in total. The molecule has 2 aliphatic heterocycles. The van der Waals surface area contributed by atoms with Crippen LogP contribution < -0.4 is 4.90 Å². The molecule has 2 fully saturated rings. The number of rotatable bonds is 5. The fourth-order valence-corrected chi connectivity index (χ4v) is 6.06. The van der Waals surface area contributed by atoms with Crippen LogP contribution in [0, 0.1) is 11.8 Å². The zero-order chi connectivity index (χ0) is 18.7. The quantitative estimate of drug-likeness (QED) is 0.646. The molecule has 144 valence electrons. The molecular weight excluding hydrogens is 414 g/mol. The average Bonchev–Trinajstić information content (AvgIpc) is 2.68. The van der Waals surface area contributed by atoms with Gasteiger partial charge in [-0.2, -0.15) is 4.31 Å². The van der Waals surface area contributed by atoms with Crippen LogP contribution in [0.1, 0.15) is 39.0 Å². The Balaban J connectivity index is 1.91. The minimum Gasteiger partial charge on any atom is -0.355 e. The molecule has 0 spiro atoms. The maximum atomic E-state index is 13.4. The summed E-state index contributed by atoms with van der Waals surface area (Å²) < 4.78 is 29.0. The van der Waals surface area contributed by atoms with Crippen LogP contribution in [0.15, 0.2) is 34.3 Å². The summed E-state index contributed by atoms with van der Waals surface area (Å²) in [6.07, 6.45) is 8.72. The zero-order valence-corrected chi connectivity index (χ0v) is 17.8. The smallest absolute Gasteiger partial charge is 0.246 e. The van der Waals surface area contributed by atoms with Crippen LogP contribution in [0.3, 0.4) is 0 Å². The van der Waals surface area contributed by atoms with Gasteiger partial charge >= 0.3 is 0 Å². The molecule has 0 saturated carbocycles. The van der Waals surface area contributed by atoms with Gasteiger partial charge in [-0.1, -0.05) is 19.4 Å². The predicted octanol–water partition coefficient (Wildman–Crippen LogP) is 4.06. The van der Waals surface area contributed by atoms with Crippen molar-refractivity contribution in [3.8, 4) is 0 Å². The minimum absolute atomic E-state index is 0.334. The molecule has 1 aromatic heterocycles. The summed E-state index contributed by atoms with van der Waals surface area (Å²) in [7, 11) is -3.56. The number of aromatic nitrogens is 1. The third-order valence-corrected chi connectivity index (χ3v) is 7.98. The highest BCUT2D eigenvalue weighted by atomic mass is 79.9. The summed E-state index contributed by atoms with van der Waals surface area (Å²) >= 11 is 3.41. The number of sulfonamides is 1. The second-order valence-electron chi connectivity index (χ2n) is 7.32. The Hall–Kier alpha value is -0.920. The summed E-state index contributed by atoms with van der Waals surface area (Å²) in [4.78, 5) is 7.01. The zero-order valence-electron chi connectivity index (χ0n) is 15.4. The van der Waals surface area contributed by atoms with Crippen LogP contribution in [0.4, 0.5) is 5.82 Å². The molecule has 0 amide bonds. The fourth-order valence-electron chi connectivity index (χ4n) is 3.92. The molecule has 5 nitrogen and oxygen atoms in total. The van der Waals surface area contributed by atoms with Gasteiger partial charge in [-0.15, -0.1) is 6.58 Å². The molecule has 3 rings (SSSR count). The first-order chi connectivity index (χ1) is 12.5. The number of pyridine rings is 1. The third-order valence-electron chi connectivity index (χ3n) is 5.65. The van der Waals surface area contributed by atoms with E-state index in [2.05, 4.69) is 39.3 Å². The SMILES string of the molecule is C=CC1CCN(S(=O)(=O)c2cc(Br)cnc2N2CCCC(CC)C2)CC1. The highest BCUT2D eigenvalue weighted by Crippen LogP contribution is 2.33. The molecule has 0 bridgehead atoms. The van der Waals surface area contributed by atoms with Crippen molar-refractivity contribution >= 4 is 31.8 Å². The van der Waals surface area contributed by atoms with Crippen LogP contribution >= 0.6 is 15.9 Å². The topological polar surface area (TPSA) is 53.5 Å². The predicted molar refractivity (Wildman–Crippen MR) is 109 cm³/mol. The van der Waals surface area contributed by atoms with Crippen molar-refractivity contribution in [2.45, 2.75) is 43.9 Å². The molecule has 2 aliphatic rings. The lowest BCUT2D eigenvalue weighted by atomic mass is 9.96. The van der Waals surface area contributed by atoms with Gasteiger partial charge in [0.15, 0.2) is 0 Å². The Morgan fingerprint density at radius 2 is 2.04 bits per heavy atom. The van der Waals surface area contributed by atoms with Gasteiger partial charge in [0, 0.05) is 36.8 Å². The van der Waals surface area contributed by atoms with Crippen LogP contribution in [-0.4, -0.2) is 43.9 Å². The van der Waals surface area contributed by atoms with Gasteiger partial charge in [0.1, 0.15) is 10.7 Å². The minimum atomic E-state index is -3.56. The first kappa shape index (κ1) is 19.8. The van der Waals surface area contributed by atoms with E-state index < -0.39 is 10.0 Å². The second-order valence-corrected chi connectivity index (χ2v) is 10.1. The summed E-state index contributed by atoms with van der Waals surface area (Å²) in [6.45, 7) is 8.88. The molecule has 1 aromatic rings. The lowest BCUT2D eigenvalue weighted by Crippen LogP contribution is -2.40. The van der Waals surface area contributed by atoms with Gasteiger partial charge in [-0.3, -0.25) is 0 Å². The van der Waals surface area contributed by atoms with Crippen molar-refractivity contribution in [1.82, 2.24) is 9.29 Å². The van der Waals surface area contributed by atoms with Crippen molar-refractivity contribution in [1.29, 1.82) is 0 Å². The van der Waals surface area contributed by atoms with Gasteiger partial charge in [-0.25, -0.2) is 13.4 Å². The Morgan fingerprint density at radius 3 is 2.69 bits per heavy atom. The summed E-state index contributed by atoms with van der Waals surface area (Å²) in [6, 6.07) is 1.72. The Bertz CT molecular complexity index is 745. The molecule has 2 saturated heterocycles. The molecule has 0 radical (unpaired) electrons. The number of halogens is 1. The van der Waals surface area contributed by atoms with E-state index in [4.69, 9.17) is 0 Å². The number of piperidine rings is 2.